The lowest BCUT2D eigenvalue weighted by Crippen LogP contribution is -2.55. The molecule has 6 heteroatoms. The SMILES string of the molecule is Cc1ccc2c(nnn2CC(=O)[C@H]2CC[C@H]3[C@@H]4CC[C@H]5C[C@](C)(O)CC[C@]5(C)[C@H]4CC[C@]23C)c1F. The molecule has 190 valence electrons. The summed E-state index contributed by atoms with van der Waals surface area (Å²) in [5.74, 6) is 2.56. The van der Waals surface area contributed by atoms with Crippen LogP contribution in [0.1, 0.15) is 84.1 Å². The van der Waals surface area contributed by atoms with E-state index in [9.17, 15) is 14.3 Å². The van der Waals surface area contributed by atoms with E-state index in [4.69, 9.17) is 0 Å². The monoisotopic (exact) mass is 481 g/mol. The lowest BCUT2D eigenvalue weighted by atomic mass is 9.44. The predicted molar refractivity (Wildman–Crippen MR) is 133 cm³/mol. The van der Waals surface area contributed by atoms with Crippen molar-refractivity contribution in [3.05, 3.63) is 23.5 Å². The van der Waals surface area contributed by atoms with E-state index in [1.54, 1.807) is 17.7 Å². The highest BCUT2D eigenvalue weighted by atomic mass is 19.1. The number of halogens is 1. The van der Waals surface area contributed by atoms with E-state index in [-0.39, 0.29) is 35.0 Å². The molecular weight excluding hydrogens is 441 g/mol. The van der Waals surface area contributed by atoms with Gasteiger partial charge >= 0.3 is 0 Å². The Morgan fingerprint density at radius 3 is 2.63 bits per heavy atom. The Morgan fingerprint density at radius 2 is 1.83 bits per heavy atom. The Bertz CT molecular complexity index is 1170. The van der Waals surface area contributed by atoms with Crippen molar-refractivity contribution in [2.45, 2.75) is 97.6 Å². The molecule has 35 heavy (non-hydrogen) atoms. The number of rotatable bonds is 3. The minimum absolute atomic E-state index is 0.0415. The van der Waals surface area contributed by atoms with Gasteiger partial charge in [-0.15, -0.1) is 5.10 Å². The molecule has 1 aromatic heterocycles. The van der Waals surface area contributed by atoms with Crippen LogP contribution in [0.5, 0.6) is 0 Å². The molecule has 5 nitrogen and oxygen atoms in total. The maximum atomic E-state index is 14.5. The molecule has 4 aliphatic rings. The molecule has 1 aromatic carbocycles. The van der Waals surface area contributed by atoms with E-state index < -0.39 is 5.60 Å². The molecule has 6 rings (SSSR count). The second kappa shape index (κ2) is 7.84. The Kier molecular flexibility index (Phi) is 5.28. The summed E-state index contributed by atoms with van der Waals surface area (Å²) < 4.78 is 16.1. The summed E-state index contributed by atoms with van der Waals surface area (Å²) in [6, 6.07) is 3.56. The van der Waals surface area contributed by atoms with Gasteiger partial charge in [-0.1, -0.05) is 25.1 Å². The van der Waals surface area contributed by atoms with Gasteiger partial charge in [0.25, 0.3) is 0 Å². The van der Waals surface area contributed by atoms with Crippen LogP contribution in [0.4, 0.5) is 4.39 Å². The largest absolute Gasteiger partial charge is 0.390 e. The molecular formula is C29H40FN3O2. The van der Waals surface area contributed by atoms with Crippen LogP contribution in [-0.4, -0.2) is 31.5 Å². The van der Waals surface area contributed by atoms with Gasteiger partial charge < -0.3 is 5.11 Å². The Hall–Kier alpha value is -1.82. The lowest BCUT2D eigenvalue weighted by Gasteiger charge is -2.61. The van der Waals surface area contributed by atoms with Crippen LogP contribution in [0.3, 0.4) is 0 Å². The predicted octanol–water partition coefficient (Wildman–Crippen LogP) is 5.86. The van der Waals surface area contributed by atoms with Crippen molar-refractivity contribution in [1.29, 1.82) is 0 Å². The average Bonchev–Trinajstić information content (AvgIpc) is 3.37. The van der Waals surface area contributed by atoms with Gasteiger partial charge in [0, 0.05) is 5.92 Å². The first-order valence-electron chi connectivity index (χ1n) is 13.8. The molecule has 2 aromatic rings. The molecule has 4 fully saturated rings. The number of aromatic nitrogens is 3. The molecule has 0 spiro atoms. The molecule has 0 bridgehead atoms. The summed E-state index contributed by atoms with van der Waals surface area (Å²) in [7, 11) is 0. The number of carbonyl (C=O) groups is 1. The first-order valence-corrected chi connectivity index (χ1v) is 13.8. The highest BCUT2D eigenvalue weighted by molar-refractivity contribution is 5.84. The molecule has 4 saturated carbocycles. The van der Waals surface area contributed by atoms with Crippen LogP contribution in [0, 0.1) is 53.2 Å². The minimum Gasteiger partial charge on any atom is -0.390 e. The number of fused-ring (bicyclic) bond motifs is 6. The first kappa shape index (κ1) is 23.6. The van der Waals surface area contributed by atoms with E-state index in [0.717, 1.165) is 44.4 Å². The fraction of sp³-hybridized carbons (Fsp3) is 0.759. The summed E-state index contributed by atoms with van der Waals surface area (Å²) >= 11 is 0. The van der Waals surface area contributed by atoms with E-state index in [0.29, 0.717) is 34.2 Å². The third-order valence-corrected chi connectivity index (χ3v) is 11.5. The Labute approximate surface area is 207 Å². The van der Waals surface area contributed by atoms with Crippen LogP contribution in [0.15, 0.2) is 12.1 Å². The number of hydrogen-bond acceptors (Lipinski definition) is 4. The summed E-state index contributed by atoms with van der Waals surface area (Å²) in [6.07, 6.45) is 9.86. The molecule has 0 saturated heterocycles. The van der Waals surface area contributed by atoms with Crippen molar-refractivity contribution >= 4 is 16.8 Å². The van der Waals surface area contributed by atoms with Gasteiger partial charge in [0.1, 0.15) is 12.1 Å². The maximum absolute atomic E-state index is 14.5. The van der Waals surface area contributed by atoms with Gasteiger partial charge in [-0.2, -0.15) is 0 Å². The van der Waals surface area contributed by atoms with Crippen LogP contribution in [-0.2, 0) is 11.3 Å². The quantitative estimate of drug-likeness (QED) is 0.596. The van der Waals surface area contributed by atoms with Gasteiger partial charge in [0.05, 0.1) is 11.1 Å². The number of aliphatic hydroxyl groups is 1. The molecule has 0 aliphatic heterocycles. The molecule has 8 atom stereocenters. The first-order chi connectivity index (χ1) is 16.5. The van der Waals surface area contributed by atoms with Gasteiger partial charge in [0.2, 0.25) is 0 Å². The molecule has 1 heterocycles. The van der Waals surface area contributed by atoms with E-state index in [1.165, 1.54) is 19.3 Å². The summed E-state index contributed by atoms with van der Waals surface area (Å²) in [4.78, 5) is 13.7. The van der Waals surface area contributed by atoms with Crippen molar-refractivity contribution < 1.29 is 14.3 Å². The van der Waals surface area contributed by atoms with Crippen LogP contribution in [0.2, 0.25) is 0 Å². The maximum Gasteiger partial charge on any atom is 0.157 e. The number of Topliss-reactive ketones (excluding diaryl/α,β-unsaturated/α-hetero) is 1. The normalized spacial score (nSPS) is 43.0. The number of nitrogens with zero attached hydrogens (tertiary/aromatic N) is 3. The summed E-state index contributed by atoms with van der Waals surface area (Å²) in [5, 5.41) is 18.9. The number of ketones is 1. The van der Waals surface area contributed by atoms with Gasteiger partial charge in [-0.05, 0) is 118 Å². The standard InChI is InChI=1S/C29H40FN3O2/c1-17-5-10-23-26(25(17)30)31-32-33(23)16-24(34)22-9-8-20-19-7-6-18-15-27(2,35)13-14-28(18,3)21(19)11-12-29(20,22)4/h5,10,18-22,35H,6-9,11-16H2,1-4H3/t18-,19-,20-,21-,22+,27+,28-,29-/m0/s1. The summed E-state index contributed by atoms with van der Waals surface area (Å²) in [5.41, 5.74) is 1.27. The minimum atomic E-state index is -0.502. The number of hydrogen-bond donors (Lipinski definition) is 1. The third-order valence-electron chi connectivity index (χ3n) is 11.5. The smallest absolute Gasteiger partial charge is 0.157 e. The summed E-state index contributed by atoms with van der Waals surface area (Å²) in [6.45, 7) is 8.82. The zero-order valence-corrected chi connectivity index (χ0v) is 21.7. The van der Waals surface area contributed by atoms with E-state index in [1.807, 2.05) is 13.0 Å². The van der Waals surface area contributed by atoms with Crippen LogP contribution < -0.4 is 0 Å². The van der Waals surface area contributed by atoms with Gasteiger partial charge in [-0.3, -0.25) is 4.79 Å². The van der Waals surface area contributed by atoms with Gasteiger partial charge in [-0.25, -0.2) is 9.07 Å². The molecule has 1 N–H and O–H groups in total. The van der Waals surface area contributed by atoms with Crippen LogP contribution >= 0.6 is 0 Å². The van der Waals surface area contributed by atoms with Gasteiger partial charge in [0.15, 0.2) is 11.6 Å². The van der Waals surface area contributed by atoms with Crippen molar-refractivity contribution in [2.75, 3.05) is 0 Å². The third kappa shape index (κ3) is 3.45. The highest BCUT2D eigenvalue weighted by Crippen LogP contribution is 2.68. The second-order valence-corrected chi connectivity index (χ2v) is 13.3. The molecule has 0 unspecified atom stereocenters. The molecule has 0 amide bonds. The number of benzene rings is 1. The second-order valence-electron chi connectivity index (χ2n) is 13.3. The molecule has 4 aliphatic carbocycles. The molecule has 0 radical (unpaired) electrons. The van der Waals surface area contributed by atoms with Crippen LogP contribution in [0.25, 0.3) is 11.0 Å². The highest BCUT2D eigenvalue weighted by Gasteiger charge is 2.61. The van der Waals surface area contributed by atoms with Crippen molar-refractivity contribution in [1.82, 2.24) is 15.0 Å². The van der Waals surface area contributed by atoms with Crippen molar-refractivity contribution in [3.8, 4) is 0 Å². The fourth-order valence-electron chi connectivity index (χ4n) is 9.44. The van der Waals surface area contributed by atoms with E-state index in [2.05, 4.69) is 24.2 Å². The topological polar surface area (TPSA) is 68.0 Å². The zero-order valence-electron chi connectivity index (χ0n) is 21.7. The van der Waals surface area contributed by atoms with Crippen molar-refractivity contribution in [3.63, 3.8) is 0 Å². The Balaban J connectivity index is 1.22. The fourth-order valence-corrected chi connectivity index (χ4v) is 9.44. The number of aryl methyl sites for hydroxylation is 1. The lowest BCUT2D eigenvalue weighted by molar-refractivity contribution is -0.151. The zero-order chi connectivity index (χ0) is 24.8. The number of carbonyl (C=O) groups excluding carboxylic acids is 1. The van der Waals surface area contributed by atoms with E-state index >= 15 is 0 Å². The van der Waals surface area contributed by atoms with Crippen molar-refractivity contribution in [2.24, 2.45) is 40.4 Å². The average molecular weight is 482 g/mol. The Morgan fingerprint density at radius 1 is 1.06 bits per heavy atom.